The molecule has 39 heavy (non-hydrogen) atoms. The van der Waals surface area contributed by atoms with Gasteiger partial charge in [-0.25, -0.2) is 14.1 Å². The fourth-order valence-electron chi connectivity index (χ4n) is 5.00. The number of anilines is 1. The van der Waals surface area contributed by atoms with Gasteiger partial charge in [0.25, 0.3) is 0 Å². The molecule has 6 rings (SSSR count). The van der Waals surface area contributed by atoms with E-state index in [1.807, 2.05) is 30.3 Å². The monoisotopic (exact) mass is 545 g/mol. The van der Waals surface area contributed by atoms with Crippen molar-refractivity contribution in [3.63, 3.8) is 0 Å². The van der Waals surface area contributed by atoms with Crippen molar-refractivity contribution >= 4 is 26.7 Å². The van der Waals surface area contributed by atoms with Gasteiger partial charge in [0, 0.05) is 31.7 Å². The number of piperazine rings is 1. The second-order valence-electron chi connectivity index (χ2n) is 9.32. The highest BCUT2D eigenvalue weighted by molar-refractivity contribution is 7.22. The summed E-state index contributed by atoms with van der Waals surface area (Å²) in [7, 11) is 3.31. The van der Waals surface area contributed by atoms with E-state index in [4.69, 9.17) is 14.5 Å². The number of halogens is 1. The van der Waals surface area contributed by atoms with Crippen molar-refractivity contribution < 1.29 is 13.9 Å². The van der Waals surface area contributed by atoms with E-state index in [0.29, 0.717) is 12.4 Å². The van der Waals surface area contributed by atoms with Crippen LogP contribution in [0.3, 0.4) is 0 Å². The molecule has 1 aliphatic rings. The number of tetrazole rings is 1. The second kappa shape index (κ2) is 11.0. The lowest BCUT2D eigenvalue weighted by Gasteiger charge is -2.39. The zero-order chi connectivity index (χ0) is 26.8. The van der Waals surface area contributed by atoms with Crippen LogP contribution in [0.5, 0.6) is 11.5 Å². The van der Waals surface area contributed by atoms with Crippen molar-refractivity contribution in [2.24, 2.45) is 0 Å². The fraction of sp³-hybridized carbons (Fsp3) is 0.286. The summed E-state index contributed by atoms with van der Waals surface area (Å²) >= 11 is 1.72. The van der Waals surface area contributed by atoms with Crippen LogP contribution < -0.4 is 14.4 Å². The quantitative estimate of drug-likeness (QED) is 0.284. The van der Waals surface area contributed by atoms with E-state index < -0.39 is 0 Å². The Kier molecular flexibility index (Phi) is 7.08. The van der Waals surface area contributed by atoms with E-state index in [1.165, 1.54) is 16.8 Å². The molecule has 0 bridgehead atoms. The molecule has 0 spiro atoms. The van der Waals surface area contributed by atoms with E-state index in [0.717, 1.165) is 59.5 Å². The average molecular weight is 546 g/mol. The van der Waals surface area contributed by atoms with Gasteiger partial charge in [0.2, 0.25) is 0 Å². The number of aromatic nitrogens is 5. The van der Waals surface area contributed by atoms with Crippen LogP contribution in [0, 0.1) is 5.82 Å². The first-order valence-corrected chi connectivity index (χ1v) is 13.5. The Morgan fingerprint density at radius 2 is 1.74 bits per heavy atom. The molecule has 11 heteroatoms. The molecule has 1 aliphatic heterocycles. The van der Waals surface area contributed by atoms with Crippen LogP contribution in [0.1, 0.15) is 23.0 Å². The smallest absolute Gasteiger partial charge is 0.186 e. The second-order valence-corrected chi connectivity index (χ2v) is 10.3. The van der Waals surface area contributed by atoms with Gasteiger partial charge in [-0.3, -0.25) is 4.90 Å². The Bertz CT molecular complexity index is 1530. The first-order valence-electron chi connectivity index (χ1n) is 12.7. The lowest BCUT2D eigenvalue weighted by atomic mass is 10.0. The van der Waals surface area contributed by atoms with Crippen molar-refractivity contribution in [2.75, 3.05) is 45.3 Å². The number of hydrogen-bond donors (Lipinski definition) is 0. The van der Waals surface area contributed by atoms with Crippen LogP contribution in [-0.4, -0.2) is 70.5 Å². The molecule has 0 radical (unpaired) electrons. The van der Waals surface area contributed by atoms with E-state index >= 15 is 0 Å². The van der Waals surface area contributed by atoms with E-state index in [1.54, 1.807) is 42.4 Å². The summed E-state index contributed by atoms with van der Waals surface area (Å²) in [5.41, 5.74) is 2.85. The molecule has 1 atom stereocenters. The molecular weight excluding hydrogens is 517 g/mol. The number of hydrogen-bond acceptors (Lipinski definition) is 9. The SMILES string of the molecule is COc1ccc(OC)c(C(c2nnnn2Cc2ccc(F)cc2)N2CCN(c3nc4ccccc4s3)CC2)c1. The van der Waals surface area contributed by atoms with Gasteiger partial charge in [0.05, 0.1) is 31.0 Å². The van der Waals surface area contributed by atoms with Crippen molar-refractivity contribution in [3.05, 3.63) is 89.5 Å². The zero-order valence-corrected chi connectivity index (χ0v) is 22.5. The molecule has 2 aromatic heterocycles. The summed E-state index contributed by atoms with van der Waals surface area (Å²) < 4.78 is 27.8. The number of nitrogens with zero attached hydrogens (tertiary/aromatic N) is 7. The average Bonchev–Trinajstić information content (AvgIpc) is 3.62. The maximum absolute atomic E-state index is 13.5. The van der Waals surface area contributed by atoms with Crippen molar-refractivity contribution in [1.82, 2.24) is 30.1 Å². The highest BCUT2D eigenvalue weighted by Gasteiger charge is 2.33. The van der Waals surface area contributed by atoms with Crippen molar-refractivity contribution in [2.45, 2.75) is 12.6 Å². The Labute approximate surface area is 229 Å². The lowest BCUT2D eigenvalue weighted by molar-refractivity contribution is 0.197. The first kappa shape index (κ1) is 25.2. The third-order valence-electron chi connectivity index (χ3n) is 7.01. The van der Waals surface area contributed by atoms with E-state index in [9.17, 15) is 4.39 Å². The summed E-state index contributed by atoms with van der Waals surface area (Å²) in [5.74, 6) is 1.85. The maximum atomic E-state index is 13.5. The molecular formula is C28H28FN7O2S. The minimum atomic E-state index is -0.289. The van der Waals surface area contributed by atoms with E-state index in [-0.39, 0.29) is 11.9 Å². The van der Waals surface area contributed by atoms with Crippen molar-refractivity contribution in [3.8, 4) is 11.5 Å². The van der Waals surface area contributed by atoms with Crippen LogP contribution in [0.2, 0.25) is 0 Å². The summed E-state index contributed by atoms with van der Waals surface area (Å²) in [4.78, 5) is 9.56. The topological polar surface area (TPSA) is 81.4 Å². The number of para-hydroxylation sites is 1. The van der Waals surface area contributed by atoms with Crippen LogP contribution >= 0.6 is 11.3 Å². The number of thiazole rings is 1. The van der Waals surface area contributed by atoms with Gasteiger partial charge in [0.1, 0.15) is 23.4 Å². The molecule has 0 amide bonds. The van der Waals surface area contributed by atoms with Gasteiger partial charge in [-0.05, 0) is 58.5 Å². The molecule has 1 unspecified atom stereocenters. The number of methoxy groups -OCH3 is 2. The standard InChI is InChI=1S/C28H28FN7O2S/c1-37-21-11-12-24(38-2)22(17-21)26(27-31-32-33-36(27)18-19-7-9-20(29)10-8-19)34-13-15-35(16-14-34)28-30-23-5-3-4-6-25(23)39-28/h3-12,17,26H,13-16,18H2,1-2H3. The number of fused-ring (bicyclic) bond motifs is 1. The predicted octanol–water partition coefficient (Wildman–Crippen LogP) is 4.40. The Morgan fingerprint density at radius 3 is 2.49 bits per heavy atom. The molecule has 1 saturated heterocycles. The third kappa shape index (κ3) is 5.15. The fourth-order valence-corrected chi connectivity index (χ4v) is 6.02. The van der Waals surface area contributed by atoms with Gasteiger partial charge < -0.3 is 14.4 Å². The lowest BCUT2D eigenvalue weighted by Crippen LogP contribution is -2.48. The summed E-state index contributed by atoms with van der Waals surface area (Å²) in [6.45, 7) is 3.57. The van der Waals surface area contributed by atoms with Gasteiger partial charge >= 0.3 is 0 Å². The molecule has 9 nitrogen and oxygen atoms in total. The van der Waals surface area contributed by atoms with Gasteiger partial charge in [-0.15, -0.1) is 5.10 Å². The normalized spacial score (nSPS) is 15.0. The molecule has 5 aromatic rings. The third-order valence-corrected chi connectivity index (χ3v) is 8.11. The highest BCUT2D eigenvalue weighted by Crippen LogP contribution is 2.38. The Morgan fingerprint density at radius 1 is 0.949 bits per heavy atom. The summed E-state index contributed by atoms with van der Waals surface area (Å²) in [5, 5.41) is 13.9. The van der Waals surface area contributed by atoms with Crippen LogP contribution in [0.25, 0.3) is 10.2 Å². The largest absolute Gasteiger partial charge is 0.497 e. The molecule has 0 saturated carbocycles. The van der Waals surface area contributed by atoms with Crippen LogP contribution in [0.15, 0.2) is 66.7 Å². The van der Waals surface area contributed by atoms with Gasteiger partial charge in [-0.1, -0.05) is 35.6 Å². The summed E-state index contributed by atoms with van der Waals surface area (Å²) in [6.07, 6.45) is 0. The Balaban J connectivity index is 1.33. The van der Waals surface area contributed by atoms with Gasteiger partial charge in [-0.2, -0.15) is 0 Å². The summed E-state index contributed by atoms with van der Waals surface area (Å²) in [6, 6.07) is 20.1. The molecule has 3 aromatic carbocycles. The molecule has 0 aliphatic carbocycles. The number of rotatable bonds is 8. The minimum Gasteiger partial charge on any atom is -0.497 e. The Hall–Kier alpha value is -4.09. The molecule has 0 N–H and O–H groups in total. The van der Waals surface area contributed by atoms with E-state index in [2.05, 4.69) is 37.5 Å². The van der Waals surface area contributed by atoms with Crippen molar-refractivity contribution in [1.29, 1.82) is 0 Å². The van der Waals surface area contributed by atoms with Gasteiger partial charge in [0.15, 0.2) is 11.0 Å². The highest BCUT2D eigenvalue weighted by atomic mass is 32.1. The molecule has 1 fully saturated rings. The number of benzene rings is 3. The minimum absolute atomic E-state index is 0.277. The molecule has 200 valence electrons. The number of ether oxygens (including phenoxy) is 2. The first-order chi connectivity index (χ1) is 19.1. The van der Waals surface area contributed by atoms with Crippen LogP contribution in [-0.2, 0) is 6.54 Å². The van der Waals surface area contributed by atoms with Crippen LogP contribution in [0.4, 0.5) is 9.52 Å². The maximum Gasteiger partial charge on any atom is 0.186 e. The molecule has 3 heterocycles. The predicted molar refractivity (Wildman–Crippen MR) is 148 cm³/mol. The zero-order valence-electron chi connectivity index (χ0n) is 21.7.